The van der Waals surface area contributed by atoms with Gasteiger partial charge < -0.3 is 14.2 Å². The van der Waals surface area contributed by atoms with Crippen LogP contribution in [0.3, 0.4) is 0 Å². The van der Waals surface area contributed by atoms with Crippen LogP contribution in [-0.2, 0) is 16.1 Å². The average molecular weight is 749 g/mol. The monoisotopic (exact) mass is 746 g/mol. The molecule has 0 fully saturated rings. The topological polar surface area (TPSA) is 79.1 Å². The Balaban J connectivity index is 1.57. The van der Waals surface area contributed by atoms with Gasteiger partial charge in [-0.15, -0.1) is 11.8 Å². The van der Waals surface area contributed by atoms with Gasteiger partial charge in [-0.1, -0.05) is 68.7 Å². The van der Waals surface area contributed by atoms with Gasteiger partial charge in [0.2, 0.25) is 0 Å². The molecule has 1 atom stereocenters. The molecule has 0 saturated heterocycles. The first kappa shape index (κ1) is 33.3. The van der Waals surface area contributed by atoms with Gasteiger partial charge in [0, 0.05) is 25.0 Å². The number of methoxy groups -OCH3 is 1. The lowest BCUT2D eigenvalue weighted by molar-refractivity contribution is -0.143. The highest BCUT2D eigenvalue weighted by atomic mass is 79.9. The van der Waals surface area contributed by atoms with E-state index in [0.717, 1.165) is 16.0 Å². The third-order valence-electron chi connectivity index (χ3n) is 6.98. The molecular weight excluding hydrogens is 719 g/mol. The maximum Gasteiger partial charge on any atom is 0.338 e. The fraction of sp³-hybridized carbons (Fsp3) is 0.242. The average Bonchev–Trinajstić information content (AvgIpc) is 3.30. The zero-order valence-corrected chi connectivity index (χ0v) is 29.8. The number of benzene rings is 3. The maximum atomic E-state index is 14.1. The molecule has 0 radical (unpaired) electrons. The molecular formula is C33H29BrCl2N2O5S2. The molecule has 0 N–H and O–H groups in total. The molecule has 0 saturated carbocycles. The van der Waals surface area contributed by atoms with E-state index in [1.165, 1.54) is 11.3 Å². The molecule has 7 nitrogen and oxygen atoms in total. The minimum absolute atomic E-state index is 0.204. The van der Waals surface area contributed by atoms with Gasteiger partial charge in [-0.3, -0.25) is 9.36 Å². The number of nitrogens with zero attached hydrogens (tertiary/aromatic N) is 2. The Morgan fingerprint density at radius 2 is 1.87 bits per heavy atom. The van der Waals surface area contributed by atoms with Crippen LogP contribution in [0, 0.1) is 0 Å². The van der Waals surface area contributed by atoms with Crippen molar-refractivity contribution in [1.82, 2.24) is 4.57 Å². The Hall–Kier alpha value is -3.02. The number of aromatic nitrogens is 1. The summed E-state index contributed by atoms with van der Waals surface area (Å²) in [4.78, 5) is 33.7. The number of hydrogen-bond acceptors (Lipinski definition) is 8. The number of carbonyl (C=O) groups is 1. The van der Waals surface area contributed by atoms with Crippen molar-refractivity contribution in [2.75, 3.05) is 13.4 Å². The van der Waals surface area contributed by atoms with Crippen LogP contribution in [0.2, 0.25) is 10.0 Å². The molecule has 234 valence electrons. The predicted octanol–water partition coefficient (Wildman–Crippen LogP) is 7.57. The lowest BCUT2D eigenvalue weighted by Gasteiger charge is -2.25. The molecule has 1 aromatic heterocycles. The summed E-state index contributed by atoms with van der Waals surface area (Å²) in [6.07, 6.45) is 3.44. The SMILES string of the molecule is COc1cc(/C=c2\sc3n(c2=O)[C@H](c2ccc(SC)cc2)C(C(=O)OC(C)C)=C(C)N=3)c(Br)cc1OCc1ccc(Cl)cc1Cl. The standard InChI is InChI=1S/C33H29BrCl2N2O5S2/c1-17(2)43-32(40)29-18(3)37-33-38(30(29)19-7-10-23(44-5)11-8-19)31(39)28(45-33)13-21-12-26(41-4)27(15-24(21)34)42-16-20-6-9-22(35)14-25(20)36/h6-15,17,30H,16H2,1-5H3/b28-13-/t30-/m1/s1. The second-order valence-electron chi connectivity index (χ2n) is 10.4. The zero-order chi connectivity index (χ0) is 32.4. The molecule has 2 heterocycles. The minimum atomic E-state index is -0.695. The van der Waals surface area contributed by atoms with Crippen molar-refractivity contribution in [2.45, 2.75) is 44.4 Å². The second-order valence-corrected chi connectivity index (χ2v) is 13.9. The fourth-order valence-electron chi connectivity index (χ4n) is 4.83. The predicted molar refractivity (Wildman–Crippen MR) is 185 cm³/mol. The summed E-state index contributed by atoms with van der Waals surface area (Å²) in [6, 6.07) is 15.9. The molecule has 3 aromatic carbocycles. The lowest BCUT2D eigenvalue weighted by Crippen LogP contribution is -2.40. The Labute approximate surface area is 287 Å². The van der Waals surface area contributed by atoms with Crippen molar-refractivity contribution in [3.05, 3.63) is 117 Å². The van der Waals surface area contributed by atoms with Gasteiger partial charge in [0.15, 0.2) is 16.3 Å². The van der Waals surface area contributed by atoms with Crippen LogP contribution in [0.5, 0.6) is 11.5 Å². The molecule has 12 heteroatoms. The van der Waals surface area contributed by atoms with Crippen molar-refractivity contribution >= 4 is 74.3 Å². The van der Waals surface area contributed by atoms with Gasteiger partial charge in [-0.25, -0.2) is 9.79 Å². The minimum Gasteiger partial charge on any atom is -0.493 e. The van der Waals surface area contributed by atoms with Gasteiger partial charge in [0.25, 0.3) is 5.56 Å². The summed E-state index contributed by atoms with van der Waals surface area (Å²) in [5.74, 6) is 0.470. The van der Waals surface area contributed by atoms with E-state index in [-0.39, 0.29) is 18.3 Å². The van der Waals surface area contributed by atoms with Gasteiger partial charge in [0.1, 0.15) is 6.61 Å². The molecule has 0 aliphatic carbocycles. The Morgan fingerprint density at radius 3 is 2.51 bits per heavy atom. The number of carbonyl (C=O) groups excluding carboxylic acids is 1. The smallest absolute Gasteiger partial charge is 0.338 e. The van der Waals surface area contributed by atoms with Crippen LogP contribution in [0.4, 0.5) is 0 Å². The van der Waals surface area contributed by atoms with E-state index in [1.54, 1.807) is 80.6 Å². The highest BCUT2D eigenvalue weighted by molar-refractivity contribution is 9.10. The third-order valence-corrected chi connectivity index (χ3v) is 9.98. The summed E-state index contributed by atoms with van der Waals surface area (Å²) in [6.45, 7) is 5.56. The van der Waals surface area contributed by atoms with Gasteiger partial charge in [0.05, 0.1) is 35.1 Å². The summed E-state index contributed by atoms with van der Waals surface area (Å²) in [5.41, 5.74) is 2.83. The molecule has 1 aliphatic rings. The normalized spacial score (nSPS) is 14.8. The highest BCUT2D eigenvalue weighted by Gasteiger charge is 2.33. The number of thioether (sulfide) groups is 1. The number of halogens is 3. The molecule has 1 aliphatic heterocycles. The number of esters is 1. The first-order chi connectivity index (χ1) is 21.5. The number of thiazole rings is 1. The summed E-state index contributed by atoms with van der Waals surface area (Å²) < 4.78 is 20.0. The number of allylic oxidation sites excluding steroid dienone is 1. The van der Waals surface area contributed by atoms with Crippen LogP contribution in [0.1, 0.15) is 43.5 Å². The Kier molecular flexibility index (Phi) is 10.5. The molecule has 4 aromatic rings. The first-order valence-electron chi connectivity index (χ1n) is 13.8. The molecule has 0 amide bonds. The number of fused-ring (bicyclic) bond motifs is 1. The van der Waals surface area contributed by atoms with Crippen LogP contribution in [0.25, 0.3) is 6.08 Å². The van der Waals surface area contributed by atoms with Gasteiger partial charge in [-0.05, 0) is 80.6 Å². The van der Waals surface area contributed by atoms with Crippen molar-refractivity contribution < 1.29 is 19.0 Å². The van der Waals surface area contributed by atoms with Crippen molar-refractivity contribution in [3.8, 4) is 11.5 Å². The summed E-state index contributed by atoms with van der Waals surface area (Å²) in [7, 11) is 1.55. The lowest BCUT2D eigenvalue weighted by atomic mass is 9.96. The maximum absolute atomic E-state index is 14.1. The van der Waals surface area contributed by atoms with Crippen molar-refractivity contribution in [3.63, 3.8) is 0 Å². The van der Waals surface area contributed by atoms with Crippen molar-refractivity contribution in [2.24, 2.45) is 4.99 Å². The summed E-state index contributed by atoms with van der Waals surface area (Å²) >= 11 is 18.8. The van der Waals surface area contributed by atoms with Crippen LogP contribution < -0.4 is 24.4 Å². The van der Waals surface area contributed by atoms with E-state index in [1.807, 2.05) is 30.5 Å². The largest absolute Gasteiger partial charge is 0.493 e. The molecule has 0 spiro atoms. The number of ether oxygens (including phenoxy) is 3. The van der Waals surface area contributed by atoms with E-state index in [2.05, 4.69) is 20.9 Å². The molecule has 0 unspecified atom stereocenters. The quantitative estimate of drug-likeness (QED) is 0.130. The number of rotatable bonds is 9. The van der Waals surface area contributed by atoms with Crippen LogP contribution >= 0.6 is 62.2 Å². The third kappa shape index (κ3) is 7.20. The van der Waals surface area contributed by atoms with Gasteiger partial charge in [-0.2, -0.15) is 0 Å². The highest BCUT2D eigenvalue weighted by Crippen LogP contribution is 2.36. The van der Waals surface area contributed by atoms with Crippen LogP contribution in [0.15, 0.2) is 85.0 Å². The summed E-state index contributed by atoms with van der Waals surface area (Å²) in [5, 5.41) is 1.04. The Morgan fingerprint density at radius 1 is 1.13 bits per heavy atom. The van der Waals surface area contributed by atoms with Crippen molar-refractivity contribution in [1.29, 1.82) is 0 Å². The molecule has 45 heavy (non-hydrogen) atoms. The number of hydrogen-bond donors (Lipinski definition) is 0. The van der Waals surface area contributed by atoms with Gasteiger partial charge >= 0.3 is 5.97 Å². The van der Waals surface area contributed by atoms with E-state index < -0.39 is 12.0 Å². The molecule has 5 rings (SSSR count). The van der Waals surface area contributed by atoms with E-state index in [4.69, 9.17) is 37.4 Å². The van der Waals surface area contributed by atoms with E-state index >= 15 is 0 Å². The first-order valence-corrected chi connectivity index (χ1v) is 17.4. The Bertz CT molecular complexity index is 1990. The van der Waals surface area contributed by atoms with E-state index in [9.17, 15) is 9.59 Å². The van der Waals surface area contributed by atoms with Crippen LogP contribution in [-0.4, -0.2) is 30.0 Å². The molecule has 0 bridgehead atoms. The van der Waals surface area contributed by atoms with E-state index in [0.29, 0.717) is 52.2 Å². The fourth-order valence-corrected chi connectivity index (χ4v) is 7.18. The zero-order valence-electron chi connectivity index (χ0n) is 25.0. The second kappa shape index (κ2) is 14.2.